The molecule has 2 amide bonds. The van der Waals surface area contributed by atoms with E-state index in [9.17, 15) is 18.0 Å². The summed E-state index contributed by atoms with van der Waals surface area (Å²) in [6.07, 6.45) is 1.06. The monoisotopic (exact) mass is 617 g/mol. The first-order valence-electron chi connectivity index (χ1n) is 13.6. The molecule has 0 aliphatic heterocycles. The molecule has 3 rings (SSSR count). The van der Waals surface area contributed by atoms with E-state index in [1.165, 1.54) is 29.2 Å². The molecular formula is C31H37Cl2N3O4S. The highest BCUT2D eigenvalue weighted by molar-refractivity contribution is 7.92. The van der Waals surface area contributed by atoms with Crippen molar-refractivity contribution in [2.45, 2.75) is 71.0 Å². The van der Waals surface area contributed by atoms with Gasteiger partial charge in [-0.3, -0.25) is 13.9 Å². The zero-order valence-corrected chi connectivity index (χ0v) is 26.4. The average Bonchev–Trinajstić information content (AvgIpc) is 2.93. The van der Waals surface area contributed by atoms with Crippen LogP contribution in [0.2, 0.25) is 10.0 Å². The molecule has 0 spiro atoms. The van der Waals surface area contributed by atoms with Crippen LogP contribution in [0, 0.1) is 13.8 Å². The molecule has 0 saturated carbocycles. The van der Waals surface area contributed by atoms with Crippen LogP contribution in [0.5, 0.6) is 0 Å². The number of carbonyl (C=O) groups excluding carboxylic acids is 2. The first kappa shape index (κ1) is 32.4. The van der Waals surface area contributed by atoms with E-state index in [0.717, 1.165) is 27.4 Å². The molecule has 0 aliphatic carbocycles. The molecule has 0 unspecified atom stereocenters. The molecule has 0 aromatic heterocycles. The predicted octanol–water partition coefficient (Wildman–Crippen LogP) is 6.53. The lowest BCUT2D eigenvalue weighted by Gasteiger charge is -2.34. The Balaban J connectivity index is 2.10. The summed E-state index contributed by atoms with van der Waals surface area (Å²) < 4.78 is 29.0. The first-order valence-corrected chi connectivity index (χ1v) is 15.8. The van der Waals surface area contributed by atoms with E-state index in [-0.39, 0.29) is 39.1 Å². The van der Waals surface area contributed by atoms with Crippen molar-refractivity contribution in [2.75, 3.05) is 10.8 Å². The standard InChI is InChI=1S/C31H37Cl2N3O4S/c1-6-23(5)34-31(38)28(7-2)35(19-24-10-8-9-22(4)17-24)30(37)20-36(29-18-25(32)13-16-27(29)33)41(39,40)26-14-11-21(3)12-15-26/h8-18,23,28H,6-7,19-20H2,1-5H3,(H,34,38)/t23-,28+/m0/s1. The normalized spacial score (nSPS) is 12.9. The predicted molar refractivity (Wildman–Crippen MR) is 166 cm³/mol. The van der Waals surface area contributed by atoms with Crippen LogP contribution >= 0.6 is 23.2 Å². The summed E-state index contributed by atoms with van der Waals surface area (Å²) in [6.45, 7) is 9.01. The number of nitrogens with zero attached hydrogens (tertiary/aromatic N) is 2. The number of sulfonamides is 1. The lowest BCUT2D eigenvalue weighted by Crippen LogP contribution is -2.53. The lowest BCUT2D eigenvalue weighted by atomic mass is 10.1. The Morgan fingerprint density at radius 3 is 2.20 bits per heavy atom. The van der Waals surface area contributed by atoms with Crippen molar-refractivity contribution in [1.29, 1.82) is 0 Å². The minimum Gasteiger partial charge on any atom is -0.352 e. The molecule has 10 heteroatoms. The zero-order chi connectivity index (χ0) is 30.3. The number of amides is 2. The minimum atomic E-state index is -4.25. The molecule has 3 aromatic carbocycles. The maximum atomic E-state index is 14.2. The summed E-state index contributed by atoms with van der Waals surface area (Å²) in [6, 6.07) is 17.5. The van der Waals surface area contributed by atoms with Crippen molar-refractivity contribution >= 4 is 50.7 Å². The topological polar surface area (TPSA) is 86.8 Å². The molecule has 0 bridgehead atoms. The van der Waals surface area contributed by atoms with Crippen LogP contribution in [0.3, 0.4) is 0 Å². The van der Waals surface area contributed by atoms with Crippen molar-refractivity contribution in [1.82, 2.24) is 10.2 Å². The van der Waals surface area contributed by atoms with Gasteiger partial charge >= 0.3 is 0 Å². The number of carbonyl (C=O) groups is 2. The summed E-state index contributed by atoms with van der Waals surface area (Å²) in [5.74, 6) is -0.846. The first-order chi connectivity index (χ1) is 19.4. The van der Waals surface area contributed by atoms with Gasteiger partial charge < -0.3 is 10.2 Å². The van der Waals surface area contributed by atoms with Crippen molar-refractivity contribution in [3.8, 4) is 0 Å². The van der Waals surface area contributed by atoms with Gasteiger partial charge in [0.2, 0.25) is 11.8 Å². The van der Waals surface area contributed by atoms with E-state index < -0.39 is 28.5 Å². The Labute approximate surface area is 253 Å². The number of nitrogens with one attached hydrogen (secondary N) is 1. The van der Waals surface area contributed by atoms with Crippen LogP contribution in [-0.4, -0.2) is 43.8 Å². The van der Waals surface area contributed by atoms with Gasteiger partial charge in [-0.1, -0.05) is 84.6 Å². The summed E-state index contributed by atoms with van der Waals surface area (Å²) in [4.78, 5) is 29.0. The van der Waals surface area contributed by atoms with E-state index in [0.29, 0.717) is 6.42 Å². The molecule has 41 heavy (non-hydrogen) atoms. The van der Waals surface area contributed by atoms with Crippen LogP contribution in [0.4, 0.5) is 5.69 Å². The molecule has 3 aromatic rings. The van der Waals surface area contributed by atoms with Gasteiger partial charge in [0.15, 0.2) is 0 Å². The molecule has 220 valence electrons. The van der Waals surface area contributed by atoms with Gasteiger partial charge in [0, 0.05) is 17.6 Å². The Bertz CT molecular complexity index is 1480. The van der Waals surface area contributed by atoms with E-state index in [1.54, 1.807) is 18.2 Å². The highest BCUT2D eigenvalue weighted by atomic mass is 35.5. The highest BCUT2D eigenvalue weighted by Crippen LogP contribution is 2.33. The number of rotatable bonds is 12. The Morgan fingerprint density at radius 2 is 1.59 bits per heavy atom. The van der Waals surface area contributed by atoms with Gasteiger partial charge in [-0.2, -0.15) is 0 Å². The third kappa shape index (κ3) is 8.24. The lowest BCUT2D eigenvalue weighted by molar-refractivity contribution is -0.140. The molecule has 0 aliphatic rings. The summed E-state index contributed by atoms with van der Waals surface area (Å²) in [5, 5.41) is 3.35. The largest absolute Gasteiger partial charge is 0.352 e. The maximum absolute atomic E-state index is 14.2. The van der Waals surface area contributed by atoms with E-state index in [2.05, 4.69) is 5.32 Å². The van der Waals surface area contributed by atoms with Gasteiger partial charge in [-0.25, -0.2) is 8.42 Å². The summed E-state index contributed by atoms with van der Waals surface area (Å²) in [7, 11) is -4.25. The molecule has 1 N–H and O–H groups in total. The van der Waals surface area contributed by atoms with E-state index in [1.807, 2.05) is 58.9 Å². The second-order valence-corrected chi connectivity index (χ2v) is 12.9. The van der Waals surface area contributed by atoms with Gasteiger partial charge in [-0.15, -0.1) is 0 Å². The van der Waals surface area contributed by atoms with E-state index >= 15 is 0 Å². The van der Waals surface area contributed by atoms with Crippen LogP contribution in [-0.2, 0) is 26.2 Å². The molecular weight excluding hydrogens is 581 g/mol. The van der Waals surface area contributed by atoms with Crippen molar-refractivity contribution in [3.05, 3.63) is 93.5 Å². The Kier molecular flexibility index (Phi) is 11.2. The van der Waals surface area contributed by atoms with Crippen LogP contribution in [0.25, 0.3) is 0 Å². The number of hydrogen-bond acceptors (Lipinski definition) is 4. The third-order valence-electron chi connectivity index (χ3n) is 6.89. The summed E-state index contributed by atoms with van der Waals surface area (Å²) >= 11 is 12.7. The fourth-order valence-electron chi connectivity index (χ4n) is 4.40. The fourth-order valence-corrected chi connectivity index (χ4v) is 6.26. The number of aryl methyl sites for hydroxylation is 2. The minimum absolute atomic E-state index is 0.00117. The van der Waals surface area contributed by atoms with Gasteiger partial charge in [0.25, 0.3) is 10.0 Å². The number of halogens is 2. The van der Waals surface area contributed by atoms with Crippen molar-refractivity contribution in [3.63, 3.8) is 0 Å². The number of benzene rings is 3. The smallest absolute Gasteiger partial charge is 0.264 e. The zero-order valence-electron chi connectivity index (χ0n) is 24.0. The molecule has 0 saturated heterocycles. The number of hydrogen-bond donors (Lipinski definition) is 1. The van der Waals surface area contributed by atoms with Gasteiger partial charge in [-0.05, 0) is 69.5 Å². The van der Waals surface area contributed by atoms with Crippen molar-refractivity contribution in [2.24, 2.45) is 0 Å². The second kappa shape index (κ2) is 14.2. The SMILES string of the molecule is CC[C@H](C(=O)N[C@@H](C)CC)N(Cc1cccc(C)c1)C(=O)CN(c1cc(Cl)ccc1Cl)S(=O)(=O)c1ccc(C)cc1. The fraction of sp³-hybridized carbons (Fsp3) is 0.355. The average molecular weight is 619 g/mol. The molecule has 0 fully saturated rings. The molecule has 0 radical (unpaired) electrons. The Hall–Kier alpha value is -3.07. The second-order valence-electron chi connectivity index (χ2n) is 10.2. The maximum Gasteiger partial charge on any atom is 0.264 e. The van der Waals surface area contributed by atoms with Crippen LogP contribution in [0.1, 0.15) is 50.3 Å². The molecule has 7 nitrogen and oxygen atoms in total. The van der Waals surface area contributed by atoms with Crippen LogP contribution in [0.15, 0.2) is 71.6 Å². The van der Waals surface area contributed by atoms with Gasteiger partial charge in [0.1, 0.15) is 12.6 Å². The quantitative estimate of drug-likeness (QED) is 0.250. The van der Waals surface area contributed by atoms with Crippen molar-refractivity contribution < 1.29 is 18.0 Å². The Morgan fingerprint density at radius 1 is 0.902 bits per heavy atom. The van der Waals surface area contributed by atoms with Gasteiger partial charge in [0.05, 0.1) is 15.6 Å². The van der Waals surface area contributed by atoms with Crippen LogP contribution < -0.4 is 9.62 Å². The van der Waals surface area contributed by atoms with E-state index in [4.69, 9.17) is 23.2 Å². The number of anilines is 1. The summed E-state index contributed by atoms with van der Waals surface area (Å²) in [5.41, 5.74) is 2.78. The molecule has 0 heterocycles. The molecule has 2 atom stereocenters. The third-order valence-corrected chi connectivity index (χ3v) is 9.22. The highest BCUT2D eigenvalue weighted by Gasteiger charge is 2.34.